The van der Waals surface area contributed by atoms with Crippen LogP contribution in [0.3, 0.4) is 0 Å². The lowest BCUT2D eigenvalue weighted by Gasteiger charge is -2.32. The van der Waals surface area contributed by atoms with Gasteiger partial charge in [0, 0.05) is 16.9 Å². The molecule has 5 nitrogen and oxygen atoms in total. The molecule has 2 aromatic carbocycles. The summed E-state index contributed by atoms with van der Waals surface area (Å²) < 4.78 is 5.19. The Morgan fingerprint density at radius 2 is 1.83 bits per heavy atom. The van der Waals surface area contributed by atoms with Crippen LogP contribution in [0, 0.1) is 0 Å². The molecule has 0 unspecified atom stereocenters. The van der Waals surface area contributed by atoms with E-state index in [2.05, 4.69) is 5.32 Å². The first-order valence-electron chi connectivity index (χ1n) is 7.65. The van der Waals surface area contributed by atoms with E-state index in [9.17, 15) is 9.59 Å². The van der Waals surface area contributed by atoms with Crippen LogP contribution in [0.5, 0.6) is 5.75 Å². The highest BCUT2D eigenvalue weighted by Crippen LogP contribution is 2.55. The maximum atomic E-state index is 12.9. The number of benzene rings is 2. The van der Waals surface area contributed by atoms with Crippen LogP contribution in [0.25, 0.3) is 0 Å². The van der Waals surface area contributed by atoms with Crippen LogP contribution in [-0.2, 0) is 14.5 Å². The average Bonchev–Trinajstić information content (AvgIpc) is 3.03. The summed E-state index contributed by atoms with van der Waals surface area (Å²) in [6.45, 7) is 1.84. The molecular weight excluding hydrogens is 324 g/mol. The first-order chi connectivity index (χ1) is 11.6. The predicted octanol–water partition coefficient (Wildman–Crippen LogP) is 2.97. The molecule has 1 N–H and O–H groups in total. The zero-order valence-electron chi connectivity index (χ0n) is 13.3. The SMILES string of the molecule is COc1ccc(N2C(=O)[C@H](C)S[C@@]23C(=O)Nc2ccccc23)cc1. The molecule has 0 radical (unpaired) electrons. The number of para-hydroxylation sites is 1. The normalized spacial score (nSPS) is 25.1. The zero-order valence-corrected chi connectivity index (χ0v) is 14.1. The van der Waals surface area contributed by atoms with Gasteiger partial charge in [-0.15, -0.1) is 11.8 Å². The van der Waals surface area contributed by atoms with E-state index >= 15 is 0 Å². The van der Waals surface area contributed by atoms with Gasteiger partial charge in [0.05, 0.1) is 12.4 Å². The Morgan fingerprint density at radius 3 is 2.54 bits per heavy atom. The molecule has 1 fully saturated rings. The second kappa shape index (κ2) is 5.27. The lowest BCUT2D eigenvalue weighted by atomic mass is 10.0. The number of nitrogens with one attached hydrogen (secondary N) is 1. The Kier molecular flexibility index (Phi) is 3.31. The quantitative estimate of drug-likeness (QED) is 0.913. The Hall–Kier alpha value is -2.47. The van der Waals surface area contributed by atoms with Gasteiger partial charge in [-0.25, -0.2) is 0 Å². The molecule has 1 saturated heterocycles. The number of hydrogen-bond acceptors (Lipinski definition) is 4. The lowest BCUT2D eigenvalue weighted by molar-refractivity contribution is -0.122. The standard InChI is InChI=1S/C18H16N2O3S/c1-11-16(21)20(12-7-9-13(23-2)10-8-12)18(24-11)14-5-3-4-6-15(14)19-17(18)22/h3-11H,1-2H3,(H,19,22)/t11-,18-/m0/s1. The molecule has 2 aliphatic rings. The van der Waals surface area contributed by atoms with Crippen LogP contribution in [0.1, 0.15) is 12.5 Å². The van der Waals surface area contributed by atoms with Crippen molar-refractivity contribution in [2.75, 3.05) is 17.3 Å². The van der Waals surface area contributed by atoms with E-state index in [0.717, 1.165) is 11.3 Å². The van der Waals surface area contributed by atoms with Crippen LogP contribution < -0.4 is 15.0 Å². The molecule has 24 heavy (non-hydrogen) atoms. The number of rotatable bonds is 2. The van der Waals surface area contributed by atoms with Gasteiger partial charge in [0.25, 0.3) is 5.91 Å². The van der Waals surface area contributed by atoms with Crippen molar-refractivity contribution in [1.29, 1.82) is 0 Å². The largest absolute Gasteiger partial charge is 0.497 e. The van der Waals surface area contributed by atoms with Gasteiger partial charge in [-0.05, 0) is 37.3 Å². The van der Waals surface area contributed by atoms with Crippen LogP contribution in [0.2, 0.25) is 0 Å². The van der Waals surface area contributed by atoms with Crippen LogP contribution in [0.4, 0.5) is 11.4 Å². The third kappa shape index (κ3) is 1.89. The summed E-state index contributed by atoms with van der Waals surface area (Å²) in [5.41, 5.74) is 2.27. The second-order valence-electron chi connectivity index (χ2n) is 5.78. The van der Waals surface area contributed by atoms with E-state index in [0.29, 0.717) is 11.4 Å². The van der Waals surface area contributed by atoms with Crippen molar-refractivity contribution in [1.82, 2.24) is 0 Å². The van der Waals surface area contributed by atoms with Crippen molar-refractivity contribution >= 4 is 35.0 Å². The highest BCUT2D eigenvalue weighted by atomic mass is 32.2. The number of ether oxygens (including phenoxy) is 1. The van der Waals surface area contributed by atoms with Gasteiger partial charge in [-0.2, -0.15) is 0 Å². The molecule has 6 heteroatoms. The monoisotopic (exact) mass is 340 g/mol. The number of anilines is 2. The fraction of sp³-hybridized carbons (Fsp3) is 0.222. The first-order valence-corrected chi connectivity index (χ1v) is 8.53. The summed E-state index contributed by atoms with van der Waals surface area (Å²) in [4.78, 5) is 26.3. The summed E-state index contributed by atoms with van der Waals surface area (Å²) in [5, 5.41) is 2.61. The number of hydrogen-bond donors (Lipinski definition) is 1. The summed E-state index contributed by atoms with van der Waals surface area (Å²) in [6.07, 6.45) is 0. The van der Waals surface area contributed by atoms with Crippen molar-refractivity contribution < 1.29 is 14.3 Å². The highest BCUT2D eigenvalue weighted by Gasteiger charge is 2.60. The molecular formula is C18H16N2O3S. The molecule has 2 amide bonds. The predicted molar refractivity (Wildman–Crippen MR) is 94.3 cm³/mol. The molecule has 4 rings (SSSR count). The van der Waals surface area contributed by atoms with Crippen LogP contribution in [-0.4, -0.2) is 24.2 Å². The third-order valence-corrected chi connectivity index (χ3v) is 5.89. The molecule has 0 aromatic heterocycles. The number of methoxy groups -OCH3 is 1. The van der Waals surface area contributed by atoms with Crippen LogP contribution >= 0.6 is 11.8 Å². The van der Waals surface area contributed by atoms with Gasteiger partial charge >= 0.3 is 0 Å². The van der Waals surface area contributed by atoms with Crippen molar-refractivity contribution in [3.63, 3.8) is 0 Å². The number of thioether (sulfide) groups is 1. The second-order valence-corrected chi connectivity index (χ2v) is 7.31. The van der Waals surface area contributed by atoms with E-state index in [-0.39, 0.29) is 17.1 Å². The van der Waals surface area contributed by atoms with Gasteiger partial charge < -0.3 is 10.1 Å². The Balaban J connectivity index is 1.90. The number of amides is 2. The minimum atomic E-state index is -1.05. The van der Waals surface area contributed by atoms with E-state index in [4.69, 9.17) is 4.74 Å². The topological polar surface area (TPSA) is 58.6 Å². The Morgan fingerprint density at radius 1 is 1.12 bits per heavy atom. The third-order valence-electron chi connectivity index (χ3n) is 4.41. The first kappa shape index (κ1) is 15.1. The molecule has 0 aliphatic carbocycles. The fourth-order valence-corrected chi connectivity index (χ4v) is 4.77. The molecule has 2 atom stereocenters. The van der Waals surface area contributed by atoms with E-state index in [1.807, 2.05) is 43.3 Å². The minimum absolute atomic E-state index is 0.0722. The lowest BCUT2D eigenvalue weighted by Crippen LogP contribution is -2.47. The number of nitrogens with zero attached hydrogens (tertiary/aromatic N) is 1. The van der Waals surface area contributed by atoms with E-state index < -0.39 is 4.87 Å². The van der Waals surface area contributed by atoms with E-state index in [1.165, 1.54) is 11.8 Å². The molecule has 2 heterocycles. The Labute approximate surface area is 144 Å². The van der Waals surface area contributed by atoms with E-state index in [1.54, 1.807) is 24.1 Å². The molecule has 0 saturated carbocycles. The van der Waals surface area contributed by atoms with Gasteiger partial charge in [0.15, 0.2) is 0 Å². The molecule has 2 aromatic rings. The number of carbonyl (C=O) groups excluding carboxylic acids is 2. The summed E-state index contributed by atoms with van der Waals surface area (Å²) in [7, 11) is 1.59. The van der Waals surface area contributed by atoms with Gasteiger partial charge in [0.2, 0.25) is 10.8 Å². The van der Waals surface area contributed by atoms with Crippen molar-refractivity contribution in [3.05, 3.63) is 54.1 Å². The minimum Gasteiger partial charge on any atom is -0.497 e. The summed E-state index contributed by atoms with van der Waals surface area (Å²) in [5.74, 6) is 0.454. The fourth-order valence-electron chi connectivity index (χ4n) is 3.29. The van der Waals surface area contributed by atoms with Gasteiger partial charge in [0.1, 0.15) is 5.75 Å². The maximum absolute atomic E-state index is 12.9. The Bertz CT molecular complexity index is 836. The highest BCUT2D eigenvalue weighted by molar-refractivity contribution is 8.03. The van der Waals surface area contributed by atoms with Crippen LogP contribution in [0.15, 0.2) is 48.5 Å². The summed E-state index contributed by atoms with van der Waals surface area (Å²) >= 11 is 1.38. The van der Waals surface area contributed by atoms with Crippen molar-refractivity contribution in [2.24, 2.45) is 0 Å². The summed E-state index contributed by atoms with van der Waals surface area (Å²) in [6, 6.07) is 14.7. The zero-order chi connectivity index (χ0) is 16.9. The van der Waals surface area contributed by atoms with Crippen molar-refractivity contribution in [3.8, 4) is 5.75 Å². The average molecular weight is 340 g/mol. The number of carbonyl (C=O) groups is 2. The van der Waals surface area contributed by atoms with Crippen molar-refractivity contribution in [2.45, 2.75) is 17.0 Å². The number of fused-ring (bicyclic) bond motifs is 2. The molecule has 2 aliphatic heterocycles. The molecule has 122 valence electrons. The maximum Gasteiger partial charge on any atom is 0.266 e. The molecule has 1 spiro atoms. The van der Waals surface area contributed by atoms with Gasteiger partial charge in [-0.3, -0.25) is 14.5 Å². The van der Waals surface area contributed by atoms with Gasteiger partial charge in [-0.1, -0.05) is 18.2 Å². The molecule has 0 bridgehead atoms. The smallest absolute Gasteiger partial charge is 0.266 e.